The molecule has 0 fully saturated rings. The molecular formula is C15H14FN3O2S. The Morgan fingerprint density at radius 2 is 1.82 bits per heavy atom. The fraction of sp³-hybridized carbons (Fsp3) is 0.133. The van der Waals surface area contributed by atoms with Crippen molar-refractivity contribution in [3.63, 3.8) is 0 Å². The summed E-state index contributed by atoms with van der Waals surface area (Å²) in [5.74, 6) is 0.00677. The molecule has 114 valence electrons. The molecule has 0 saturated heterocycles. The molecule has 0 saturated carbocycles. The van der Waals surface area contributed by atoms with E-state index in [0.29, 0.717) is 11.5 Å². The van der Waals surface area contributed by atoms with Crippen molar-refractivity contribution in [1.82, 2.24) is 0 Å². The minimum absolute atomic E-state index is 0.170. The second kappa shape index (κ2) is 5.42. The fourth-order valence-corrected chi connectivity index (χ4v) is 3.39. The Balaban J connectivity index is 1.85. The van der Waals surface area contributed by atoms with Crippen LogP contribution in [0.25, 0.3) is 0 Å². The monoisotopic (exact) mass is 319 g/mol. The predicted octanol–water partition coefficient (Wildman–Crippen LogP) is 2.47. The van der Waals surface area contributed by atoms with Crippen molar-refractivity contribution in [2.45, 2.75) is 4.90 Å². The van der Waals surface area contributed by atoms with E-state index in [1.807, 2.05) is 0 Å². The molecule has 2 aromatic rings. The summed E-state index contributed by atoms with van der Waals surface area (Å²) in [5.41, 5.74) is 1.28. The summed E-state index contributed by atoms with van der Waals surface area (Å²) in [7, 11) is -1.90. The Kier molecular flexibility index (Phi) is 3.58. The lowest BCUT2D eigenvalue weighted by molar-refractivity contribution is 0.597. The van der Waals surface area contributed by atoms with Gasteiger partial charge in [0.1, 0.15) is 16.5 Å². The van der Waals surface area contributed by atoms with Crippen LogP contribution in [0.3, 0.4) is 0 Å². The third-order valence-electron chi connectivity index (χ3n) is 3.33. The number of benzene rings is 2. The maximum Gasteiger partial charge on any atom is 0.286 e. The molecule has 7 heteroatoms. The van der Waals surface area contributed by atoms with Crippen molar-refractivity contribution in [2.75, 3.05) is 23.8 Å². The molecule has 1 aliphatic heterocycles. The van der Waals surface area contributed by atoms with Gasteiger partial charge in [0.2, 0.25) is 0 Å². The average molecular weight is 319 g/mol. The van der Waals surface area contributed by atoms with Crippen LogP contribution >= 0.6 is 0 Å². The zero-order valence-corrected chi connectivity index (χ0v) is 12.6. The van der Waals surface area contributed by atoms with E-state index < -0.39 is 10.0 Å². The first kappa shape index (κ1) is 14.5. The largest absolute Gasteiger partial charge is 0.367 e. The molecule has 0 spiro atoms. The number of para-hydroxylation sites is 1. The number of nitrogens with zero attached hydrogens (tertiary/aromatic N) is 2. The molecule has 0 aromatic heterocycles. The van der Waals surface area contributed by atoms with Crippen molar-refractivity contribution in [3.8, 4) is 0 Å². The number of hydrogen-bond donors (Lipinski definition) is 1. The number of nitrogens with one attached hydrogen (secondary N) is 1. The molecule has 0 amide bonds. The number of hydrogen-bond acceptors (Lipinski definition) is 4. The highest BCUT2D eigenvalue weighted by atomic mass is 32.2. The summed E-state index contributed by atoms with van der Waals surface area (Å²) in [5, 5.41) is 3.02. The standard InChI is InChI=1S/C15H14FN3O2S/c1-19(12-8-6-11(16)7-9-12)10-15-17-13-4-2-3-5-14(13)22(20,21)18-15/h2-9H,10H2,1H3,(H,17,18). The molecule has 0 bridgehead atoms. The van der Waals surface area contributed by atoms with Gasteiger partial charge in [0, 0.05) is 12.7 Å². The first-order chi connectivity index (χ1) is 10.5. The van der Waals surface area contributed by atoms with Gasteiger partial charge in [0.25, 0.3) is 10.0 Å². The van der Waals surface area contributed by atoms with Gasteiger partial charge in [-0.2, -0.15) is 8.42 Å². The molecule has 1 aliphatic rings. The van der Waals surface area contributed by atoms with E-state index in [9.17, 15) is 12.8 Å². The third-order valence-corrected chi connectivity index (χ3v) is 4.70. The van der Waals surface area contributed by atoms with Gasteiger partial charge in [-0.15, -0.1) is 4.40 Å². The van der Waals surface area contributed by atoms with Gasteiger partial charge in [-0.05, 0) is 36.4 Å². The SMILES string of the molecule is CN(CC1=NS(=O)(=O)c2ccccc2N1)c1ccc(F)cc1. The molecule has 3 rings (SSSR count). The smallest absolute Gasteiger partial charge is 0.286 e. The van der Waals surface area contributed by atoms with E-state index in [-0.39, 0.29) is 17.3 Å². The second-order valence-electron chi connectivity index (χ2n) is 4.97. The summed E-state index contributed by atoms with van der Waals surface area (Å²) in [6, 6.07) is 12.6. The van der Waals surface area contributed by atoms with Gasteiger partial charge < -0.3 is 10.2 Å². The summed E-state index contributed by atoms with van der Waals surface area (Å²) < 4.78 is 41.0. The molecule has 1 N–H and O–H groups in total. The van der Waals surface area contributed by atoms with Crippen LogP contribution in [0, 0.1) is 5.82 Å². The maximum absolute atomic E-state index is 12.9. The van der Waals surface area contributed by atoms with Gasteiger partial charge in [0.15, 0.2) is 0 Å². The molecule has 0 unspecified atom stereocenters. The fourth-order valence-electron chi connectivity index (χ4n) is 2.25. The van der Waals surface area contributed by atoms with Crippen molar-refractivity contribution < 1.29 is 12.8 Å². The first-order valence-electron chi connectivity index (χ1n) is 6.62. The lowest BCUT2D eigenvalue weighted by atomic mass is 10.3. The molecule has 0 radical (unpaired) electrons. The van der Waals surface area contributed by atoms with E-state index in [2.05, 4.69) is 9.71 Å². The molecular weight excluding hydrogens is 305 g/mol. The van der Waals surface area contributed by atoms with Crippen molar-refractivity contribution >= 4 is 27.2 Å². The van der Waals surface area contributed by atoms with Crippen LogP contribution in [-0.4, -0.2) is 27.8 Å². The molecule has 1 heterocycles. The van der Waals surface area contributed by atoms with Gasteiger partial charge in [-0.3, -0.25) is 0 Å². The Hall–Kier alpha value is -2.41. The minimum Gasteiger partial charge on any atom is -0.367 e. The summed E-state index contributed by atoms with van der Waals surface area (Å²) in [6.45, 7) is 0.263. The maximum atomic E-state index is 12.9. The van der Waals surface area contributed by atoms with Crippen LogP contribution in [0.2, 0.25) is 0 Å². The summed E-state index contributed by atoms with van der Waals surface area (Å²) in [4.78, 5) is 1.96. The molecule has 0 aliphatic carbocycles. The zero-order chi connectivity index (χ0) is 15.7. The topological polar surface area (TPSA) is 61.8 Å². The number of anilines is 2. The lowest BCUT2D eigenvalue weighted by Gasteiger charge is -2.24. The van der Waals surface area contributed by atoms with Gasteiger partial charge in [-0.1, -0.05) is 12.1 Å². The summed E-state index contributed by atoms with van der Waals surface area (Å²) >= 11 is 0. The molecule has 22 heavy (non-hydrogen) atoms. The Morgan fingerprint density at radius 3 is 2.55 bits per heavy atom. The number of sulfonamides is 1. The number of amidine groups is 1. The van der Waals surface area contributed by atoms with Crippen LogP contribution in [0.1, 0.15) is 0 Å². The highest BCUT2D eigenvalue weighted by Gasteiger charge is 2.24. The lowest BCUT2D eigenvalue weighted by Crippen LogP contribution is -2.33. The highest BCUT2D eigenvalue weighted by molar-refractivity contribution is 7.90. The van der Waals surface area contributed by atoms with Gasteiger partial charge in [-0.25, -0.2) is 4.39 Å². The Labute approximate surface area is 128 Å². The van der Waals surface area contributed by atoms with Gasteiger partial charge >= 0.3 is 0 Å². The van der Waals surface area contributed by atoms with E-state index in [1.54, 1.807) is 42.3 Å². The summed E-state index contributed by atoms with van der Waals surface area (Å²) in [6.07, 6.45) is 0. The van der Waals surface area contributed by atoms with Gasteiger partial charge in [0.05, 0.1) is 12.2 Å². The second-order valence-corrected chi connectivity index (χ2v) is 6.54. The quantitative estimate of drug-likeness (QED) is 0.944. The van der Waals surface area contributed by atoms with E-state index in [4.69, 9.17) is 0 Å². The van der Waals surface area contributed by atoms with Crippen LogP contribution in [0.5, 0.6) is 0 Å². The van der Waals surface area contributed by atoms with E-state index in [0.717, 1.165) is 5.69 Å². The van der Waals surface area contributed by atoms with E-state index in [1.165, 1.54) is 18.2 Å². The number of likely N-dealkylation sites (N-methyl/N-ethyl adjacent to an activating group) is 1. The van der Waals surface area contributed by atoms with Crippen LogP contribution < -0.4 is 10.2 Å². The van der Waals surface area contributed by atoms with Crippen molar-refractivity contribution in [1.29, 1.82) is 0 Å². The number of halogens is 1. The predicted molar refractivity (Wildman–Crippen MR) is 84.4 cm³/mol. The van der Waals surface area contributed by atoms with Crippen molar-refractivity contribution in [2.24, 2.45) is 4.40 Å². The minimum atomic E-state index is -3.69. The van der Waals surface area contributed by atoms with Crippen molar-refractivity contribution in [3.05, 3.63) is 54.3 Å². The number of fused-ring (bicyclic) bond motifs is 1. The zero-order valence-electron chi connectivity index (χ0n) is 11.8. The molecule has 0 atom stereocenters. The normalized spacial score (nSPS) is 15.5. The highest BCUT2D eigenvalue weighted by Crippen LogP contribution is 2.27. The van der Waals surface area contributed by atoms with Crippen LogP contribution in [-0.2, 0) is 10.0 Å². The number of rotatable bonds is 3. The third kappa shape index (κ3) is 2.80. The first-order valence-corrected chi connectivity index (χ1v) is 8.06. The molecule has 5 nitrogen and oxygen atoms in total. The average Bonchev–Trinajstić information content (AvgIpc) is 2.47. The molecule has 2 aromatic carbocycles. The Bertz CT molecular complexity index is 832. The van der Waals surface area contributed by atoms with E-state index >= 15 is 0 Å². The Morgan fingerprint density at radius 1 is 1.14 bits per heavy atom. The van der Waals surface area contributed by atoms with Crippen LogP contribution in [0.15, 0.2) is 57.8 Å². The van der Waals surface area contributed by atoms with Crippen LogP contribution in [0.4, 0.5) is 15.8 Å².